The average molecular weight is 414 g/mol. The number of nitro benzene ring substituents is 1. The minimum atomic E-state index is -0.510. The van der Waals surface area contributed by atoms with Gasteiger partial charge in [0.15, 0.2) is 5.11 Å². The fourth-order valence-corrected chi connectivity index (χ4v) is 3.30. The van der Waals surface area contributed by atoms with E-state index in [2.05, 4.69) is 10.6 Å². The van der Waals surface area contributed by atoms with E-state index >= 15 is 0 Å². The highest BCUT2D eigenvalue weighted by atomic mass is 32.1. The number of nitrogens with zero attached hydrogens (tertiary/aromatic N) is 2. The van der Waals surface area contributed by atoms with E-state index in [1.807, 2.05) is 36.9 Å². The topological polar surface area (TPSA) is 96.7 Å². The van der Waals surface area contributed by atoms with Crippen LogP contribution in [0.15, 0.2) is 36.4 Å². The summed E-state index contributed by atoms with van der Waals surface area (Å²) in [5, 5.41) is 17.3. The van der Waals surface area contributed by atoms with E-state index in [1.54, 1.807) is 12.1 Å². The van der Waals surface area contributed by atoms with Crippen LogP contribution in [0, 0.1) is 24.0 Å². The van der Waals surface area contributed by atoms with E-state index in [0.717, 1.165) is 16.8 Å². The Bertz CT molecular complexity index is 957. The molecule has 2 aromatic carbocycles. The van der Waals surface area contributed by atoms with Gasteiger partial charge in [-0.3, -0.25) is 20.2 Å². The smallest absolute Gasteiger partial charge is 0.293 e. The van der Waals surface area contributed by atoms with Crippen molar-refractivity contribution in [3.63, 3.8) is 0 Å². The number of ether oxygens (including phenoxy) is 1. The number of anilines is 2. The number of morpholine rings is 1. The van der Waals surface area contributed by atoms with Gasteiger partial charge in [0.2, 0.25) is 0 Å². The molecule has 0 spiro atoms. The zero-order valence-electron chi connectivity index (χ0n) is 16.2. The maximum absolute atomic E-state index is 12.6. The Morgan fingerprint density at radius 1 is 1.21 bits per heavy atom. The molecule has 1 fully saturated rings. The van der Waals surface area contributed by atoms with Crippen molar-refractivity contribution in [2.24, 2.45) is 0 Å². The molecule has 1 amide bonds. The number of benzene rings is 2. The first kappa shape index (κ1) is 20.7. The zero-order valence-corrected chi connectivity index (χ0v) is 17.0. The predicted octanol–water partition coefficient (Wildman–Crippen LogP) is 3.18. The summed E-state index contributed by atoms with van der Waals surface area (Å²) in [6.45, 7) is 6.09. The molecule has 2 N–H and O–H groups in total. The van der Waals surface area contributed by atoms with Gasteiger partial charge in [-0.2, -0.15) is 0 Å². The van der Waals surface area contributed by atoms with Crippen LogP contribution in [0.5, 0.6) is 0 Å². The summed E-state index contributed by atoms with van der Waals surface area (Å²) in [4.78, 5) is 25.5. The van der Waals surface area contributed by atoms with Crippen molar-refractivity contribution >= 4 is 40.3 Å². The molecule has 1 aliphatic heterocycles. The molecule has 1 heterocycles. The third-order valence-electron chi connectivity index (χ3n) is 4.87. The minimum absolute atomic E-state index is 0.118. The molecule has 8 nitrogen and oxygen atoms in total. The summed E-state index contributed by atoms with van der Waals surface area (Å²) < 4.78 is 5.29. The molecule has 0 atom stereocenters. The molecular formula is C20H22N4O4S. The summed E-state index contributed by atoms with van der Waals surface area (Å²) in [5.41, 5.74) is 3.44. The number of nitro groups is 1. The number of carbonyl (C=O) groups excluding carboxylic acids is 1. The molecule has 0 unspecified atom stereocenters. The van der Waals surface area contributed by atoms with Crippen LogP contribution in [0.1, 0.15) is 21.5 Å². The lowest BCUT2D eigenvalue weighted by molar-refractivity contribution is -0.384. The van der Waals surface area contributed by atoms with Crippen LogP contribution in [0.2, 0.25) is 0 Å². The molecule has 2 aromatic rings. The molecule has 0 aromatic heterocycles. The lowest BCUT2D eigenvalue weighted by atomic mass is 10.1. The average Bonchev–Trinajstić information content (AvgIpc) is 2.71. The van der Waals surface area contributed by atoms with Crippen molar-refractivity contribution in [1.82, 2.24) is 5.32 Å². The first-order chi connectivity index (χ1) is 13.9. The van der Waals surface area contributed by atoms with Crippen LogP contribution in [-0.2, 0) is 4.74 Å². The van der Waals surface area contributed by atoms with Crippen LogP contribution < -0.4 is 15.5 Å². The van der Waals surface area contributed by atoms with E-state index in [4.69, 9.17) is 17.0 Å². The third kappa shape index (κ3) is 4.87. The van der Waals surface area contributed by atoms with Crippen molar-refractivity contribution in [2.45, 2.75) is 13.8 Å². The van der Waals surface area contributed by atoms with Gasteiger partial charge in [-0.1, -0.05) is 12.1 Å². The Kier molecular flexibility index (Phi) is 6.40. The number of rotatable bonds is 4. The predicted molar refractivity (Wildman–Crippen MR) is 116 cm³/mol. The molecule has 0 aliphatic carbocycles. The maximum atomic E-state index is 12.6. The van der Waals surface area contributed by atoms with Crippen LogP contribution in [-0.4, -0.2) is 42.2 Å². The lowest BCUT2D eigenvalue weighted by Crippen LogP contribution is -2.37. The SMILES string of the molecule is Cc1cccc(NC(=S)NC(=O)c2ccc(N3CCOCC3)c([N+](=O)[O-])c2)c1C. The summed E-state index contributed by atoms with van der Waals surface area (Å²) in [7, 11) is 0. The van der Waals surface area contributed by atoms with E-state index in [-0.39, 0.29) is 16.4 Å². The molecule has 1 aliphatic rings. The minimum Gasteiger partial charge on any atom is -0.378 e. The van der Waals surface area contributed by atoms with E-state index in [0.29, 0.717) is 32.0 Å². The second-order valence-corrected chi connectivity index (χ2v) is 7.12. The molecular weight excluding hydrogens is 392 g/mol. The molecule has 9 heteroatoms. The quantitative estimate of drug-likeness (QED) is 0.451. The molecule has 0 bridgehead atoms. The van der Waals surface area contributed by atoms with Crippen molar-refractivity contribution in [3.8, 4) is 0 Å². The number of thiocarbonyl (C=S) groups is 1. The van der Waals surface area contributed by atoms with Crippen molar-refractivity contribution in [3.05, 3.63) is 63.2 Å². The highest BCUT2D eigenvalue weighted by Crippen LogP contribution is 2.30. The second-order valence-electron chi connectivity index (χ2n) is 6.72. The molecule has 0 radical (unpaired) electrons. The van der Waals surface area contributed by atoms with Crippen LogP contribution in [0.25, 0.3) is 0 Å². The summed E-state index contributed by atoms with van der Waals surface area (Å²) in [6, 6.07) is 10.2. The van der Waals surface area contributed by atoms with Gasteiger partial charge in [-0.05, 0) is 55.4 Å². The Balaban J connectivity index is 1.74. The number of nitrogens with one attached hydrogen (secondary N) is 2. The monoisotopic (exact) mass is 414 g/mol. The van der Waals surface area contributed by atoms with Gasteiger partial charge in [0.25, 0.3) is 11.6 Å². The van der Waals surface area contributed by atoms with Crippen molar-refractivity contribution in [2.75, 3.05) is 36.5 Å². The summed E-state index contributed by atoms with van der Waals surface area (Å²) in [5.74, 6) is -0.510. The fraction of sp³-hybridized carbons (Fsp3) is 0.300. The maximum Gasteiger partial charge on any atom is 0.293 e. The van der Waals surface area contributed by atoms with Gasteiger partial charge in [0, 0.05) is 30.4 Å². The van der Waals surface area contributed by atoms with Crippen LogP contribution in [0.3, 0.4) is 0 Å². The van der Waals surface area contributed by atoms with Gasteiger partial charge in [0.1, 0.15) is 5.69 Å². The number of carbonyl (C=O) groups is 1. The normalized spacial score (nSPS) is 13.7. The summed E-state index contributed by atoms with van der Waals surface area (Å²) in [6.07, 6.45) is 0. The Morgan fingerprint density at radius 3 is 2.62 bits per heavy atom. The molecule has 1 saturated heterocycles. The van der Waals surface area contributed by atoms with Crippen molar-refractivity contribution in [1.29, 1.82) is 0 Å². The molecule has 29 heavy (non-hydrogen) atoms. The van der Waals surface area contributed by atoms with Crippen LogP contribution in [0.4, 0.5) is 17.1 Å². The lowest BCUT2D eigenvalue weighted by Gasteiger charge is -2.28. The molecule has 3 rings (SSSR count). The van der Waals surface area contributed by atoms with Gasteiger partial charge in [-0.15, -0.1) is 0 Å². The zero-order chi connectivity index (χ0) is 21.0. The van der Waals surface area contributed by atoms with Gasteiger partial charge < -0.3 is 15.0 Å². The number of amides is 1. The van der Waals surface area contributed by atoms with Gasteiger partial charge in [-0.25, -0.2) is 0 Å². The third-order valence-corrected chi connectivity index (χ3v) is 5.07. The highest BCUT2D eigenvalue weighted by Gasteiger charge is 2.23. The van der Waals surface area contributed by atoms with Crippen molar-refractivity contribution < 1.29 is 14.5 Å². The number of aryl methyl sites for hydroxylation is 1. The van der Waals surface area contributed by atoms with E-state index < -0.39 is 10.8 Å². The van der Waals surface area contributed by atoms with Gasteiger partial charge in [0.05, 0.1) is 18.1 Å². The first-order valence-electron chi connectivity index (χ1n) is 9.16. The number of hydrogen-bond acceptors (Lipinski definition) is 6. The Hall–Kier alpha value is -3.04. The summed E-state index contributed by atoms with van der Waals surface area (Å²) >= 11 is 5.23. The standard InChI is InChI=1S/C20H22N4O4S/c1-13-4-3-5-16(14(13)2)21-20(29)22-19(25)15-6-7-17(18(12-15)24(26)27)23-8-10-28-11-9-23/h3-7,12H,8-11H2,1-2H3,(H2,21,22,25,29). The van der Waals surface area contributed by atoms with Gasteiger partial charge >= 0.3 is 0 Å². The van der Waals surface area contributed by atoms with Crippen LogP contribution >= 0.6 is 12.2 Å². The second kappa shape index (κ2) is 8.97. The highest BCUT2D eigenvalue weighted by molar-refractivity contribution is 7.80. The Morgan fingerprint density at radius 2 is 1.93 bits per heavy atom. The van der Waals surface area contributed by atoms with E-state index in [1.165, 1.54) is 6.07 Å². The Labute approximate surface area is 174 Å². The molecule has 0 saturated carbocycles. The number of hydrogen-bond donors (Lipinski definition) is 2. The molecule has 152 valence electrons. The first-order valence-corrected chi connectivity index (χ1v) is 9.57. The van der Waals surface area contributed by atoms with E-state index in [9.17, 15) is 14.9 Å². The fourth-order valence-electron chi connectivity index (χ4n) is 3.10. The largest absolute Gasteiger partial charge is 0.378 e.